The van der Waals surface area contributed by atoms with E-state index in [0.717, 1.165) is 10.0 Å². The normalized spacial score (nSPS) is 11.7. The predicted molar refractivity (Wildman–Crippen MR) is 167 cm³/mol. The highest BCUT2D eigenvalue weighted by molar-refractivity contribution is 9.10. The molecule has 41 heavy (non-hydrogen) atoms. The zero-order valence-electron chi connectivity index (χ0n) is 23.0. The molecule has 0 bridgehead atoms. The summed E-state index contributed by atoms with van der Waals surface area (Å²) in [5.74, 6) is 1.20. The summed E-state index contributed by atoms with van der Waals surface area (Å²) in [7, 11) is 0. The molecule has 0 saturated carbocycles. The molecule has 5 aromatic rings. The van der Waals surface area contributed by atoms with Crippen molar-refractivity contribution in [3.8, 4) is 11.4 Å². The Labute approximate surface area is 247 Å². The van der Waals surface area contributed by atoms with E-state index in [-0.39, 0.29) is 11.6 Å². The van der Waals surface area contributed by atoms with Gasteiger partial charge in [-0.25, -0.2) is 9.78 Å². The first-order valence-corrected chi connectivity index (χ1v) is 14.4. The van der Waals surface area contributed by atoms with Crippen molar-refractivity contribution in [3.05, 3.63) is 129 Å². The maximum Gasteiger partial charge on any atom is 0.322 e. The molecule has 0 aliphatic rings. The lowest BCUT2D eigenvalue weighted by Crippen LogP contribution is -2.40. The highest BCUT2D eigenvalue weighted by Gasteiger charge is 2.29. The lowest BCUT2D eigenvalue weighted by Gasteiger charge is -2.32. The third kappa shape index (κ3) is 6.33. The van der Waals surface area contributed by atoms with Crippen molar-refractivity contribution in [2.75, 3.05) is 11.9 Å². The van der Waals surface area contributed by atoms with Crippen molar-refractivity contribution in [3.63, 3.8) is 0 Å². The van der Waals surface area contributed by atoms with Gasteiger partial charge in [0.2, 0.25) is 0 Å². The topological polar surface area (TPSA) is 76.5 Å². The van der Waals surface area contributed by atoms with Crippen molar-refractivity contribution < 1.29 is 9.53 Å². The number of amides is 2. The molecule has 8 heteroatoms. The Morgan fingerprint density at radius 1 is 0.951 bits per heavy atom. The lowest BCUT2D eigenvalue weighted by molar-refractivity contribution is 0.177. The summed E-state index contributed by atoms with van der Waals surface area (Å²) in [5.41, 5.74) is 2.66. The third-order valence-electron chi connectivity index (χ3n) is 6.80. The van der Waals surface area contributed by atoms with Gasteiger partial charge in [-0.1, -0.05) is 71.4 Å². The molecule has 1 N–H and O–H groups in total. The summed E-state index contributed by atoms with van der Waals surface area (Å²) in [4.78, 5) is 34.8. The number of urea groups is 1. The number of halogens is 1. The second-order valence-corrected chi connectivity index (χ2v) is 10.4. The van der Waals surface area contributed by atoms with Gasteiger partial charge in [-0.2, -0.15) is 0 Å². The molecular formula is C33H31BrN4O3. The minimum absolute atomic E-state index is 0.194. The Hall–Kier alpha value is -4.43. The van der Waals surface area contributed by atoms with Crippen molar-refractivity contribution >= 4 is 38.6 Å². The van der Waals surface area contributed by atoms with Crippen molar-refractivity contribution in [1.29, 1.82) is 0 Å². The van der Waals surface area contributed by atoms with Gasteiger partial charge in [0, 0.05) is 16.7 Å². The third-order valence-corrected chi connectivity index (χ3v) is 7.29. The standard InChI is InChI=1S/C33H31BrN4O3/c1-3-30(37(22-23-11-6-5-7-12-23)33(40)35-25-14-10-13-24(34)21-25)31-36-29-16-9-8-15-28(29)32(39)38(31)26-17-19-27(20-18-26)41-4-2/h5-21,30H,3-4,22H2,1-2H3,(H,35,40). The van der Waals surface area contributed by atoms with Gasteiger partial charge in [0.15, 0.2) is 0 Å². The number of carbonyl (C=O) groups is 1. The molecule has 0 saturated heterocycles. The monoisotopic (exact) mass is 610 g/mol. The smallest absolute Gasteiger partial charge is 0.322 e. The van der Waals surface area contributed by atoms with Crippen LogP contribution < -0.4 is 15.6 Å². The van der Waals surface area contributed by atoms with Crippen LogP contribution in [0.15, 0.2) is 112 Å². The van der Waals surface area contributed by atoms with Crippen LogP contribution in [0.3, 0.4) is 0 Å². The number of carbonyl (C=O) groups excluding carboxylic acids is 1. The van der Waals surface area contributed by atoms with E-state index in [9.17, 15) is 9.59 Å². The van der Waals surface area contributed by atoms with Crippen molar-refractivity contribution in [2.45, 2.75) is 32.9 Å². The van der Waals surface area contributed by atoms with Gasteiger partial charge in [0.05, 0.1) is 29.2 Å². The molecule has 1 heterocycles. The molecule has 5 rings (SSSR count). The van der Waals surface area contributed by atoms with Gasteiger partial charge in [0.25, 0.3) is 5.56 Å². The minimum Gasteiger partial charge on any atom is -0.494 e. The zero-order valence-corrected chi connectivity index (χ0v) is 24.5. The number of benzene rings is 4. The summed E-state index contributed by atoms with van der Waals surface area (Å²) in [5, 5.41) is 3.55. The number of nitrogens with one attached hydrogen (secondary N) is 1. The van der Waals surface area contributed by atoms with E-state index in [1.807, 2.05) is 111 Å². The fourth-order valence-corrected chi connectivity index (χ4v) is 5.29. The SMILES string of the molecule is CCOc1ccc(-n2c(C(CC)N(Cc3ccccc3)C(=O)Nc3cccc(Br)c3)nc3ccccc3c2=O)cc1. The largest absolute Gasteiger partial charge is 0.494 e. The molecule has 0 radical (unpaired) electrons. The number of hydrogen-bond acceptors (Lipinski definition) is 4. The van der Waals surface area contributed by atoms with Crippen molar-refractivity contribution in [2.24, 2.45) is 0 Å². The molecule has 2 amide bonds. The fourth-order valence-electron chi connectivity index (χ4n) is 4.89. The van der Waals surface area contributed by atoms with Crippen LogP contribution in [0.4, 0.5) is 10.5 Å². The van der Waals surface area contributed by atoms with E-state index in [2.05, 4.69) is 21.2 Å². The Kier molecular flexibility index (Phi) is 8.79. The number of rotatable bonds is 9. The Bertz CT molecular complexity index is 1700. The molecule has 1 unspecified atom stereocenters. The van der Waals surface area contributed by atoms with Gasteiger partial charge in [-0.15, -0.1) is 0 Å². The van der Waals surface area contributed by atoms with Crippen LogP contribution in [-0.4, -0.2) is 27.1 Å². The Morgan fingerprint density at radius 3 is 2.39 bits per heavy atom. The Morgan fingerprint density at radius 2 is 1.68 bits per heavy atom. The molecule has 4 aromatic carbocycles. The van der Waals surface area contributed by atoms with Crippen LogP contribution in [0.25, 0.3) is 16.6 Å². The van der Waals surface area contributed by atoms with E-state index in [0.29, 0.717) is 53.4 Å². The quantitative estimate of drug-likeness (QED) is 0.185. The summed E-state index contributed by atoms with van der Waals surface area (Å²) in [6.07, 6.45) is 0.528. The van der Waals surface area contributed by atoms with E-state index in [1.165, 1.54) is 0 Å². The Balaban J connectivity index is 1.66. The first kappa shape index (κ1) is 28.1. The highest BCUT2D eigenvalue weighted by Crippen LogP contribution is 2.29. The predicted octanol–water partition coefficient (Wildman–Crippen LogP) is 7.73. The lowest BCUT2D eigenvalue weighted by atomic mass is 10.1. The summed E-state index contributed by atoms with van der Waals surface area (Å²) < 4.78 is 8.11. The first-order valence-electron chi connectivity index (χ1n) is 13.6. The van der Waals surface area contributed by atoms with E-state index in [4.69, 9.17) is 9.72 Å². The maximum absolute atomic E-state index is 14.0. The van der Waals surface area contributed by atoms with Crippen molar-refractivity contribution in [1.82, 2.24) is 14.5 Å². The molecular weight excluding hydrogens is 580 g/mol. The fraction of sp³-hybridized carbons (Fsp3) is 0.182. The second-order valence-electron chi connectivity index (χ2n) is 9.53. The van der Waals surface area contributed by atoms with Gasteiger partial charge >= 0.3 is 6.03 Å². The second kappa shape index (κ2) is 12.8. The minimum atomic E-state index is -0.522. The van der Waals surface area contributed by atoms with E-state index >= 15 is 0 Å². The number of para-hydroxylation sites is 1. The zero-order chi connectivity index (χ0) is 28.8. The molecule has 208 valence electrons. The van der Waals surface area contributed by atoms with Gasteiger partial charge in [0.1, 0.15) is 11.6 Å². The molecule has 0 aliphatic carbocycles. The van der Waals surface area contributed by atoms with Gasteiger partial charge < -0.3 is 15.0 Å². The molecule has 0 fully saturated rings. The van der Waals surface area contributed by atoms with Crippen LogP contribution in [0.1, 0.15) is 37.7 Å². The first-order chi connectivity index (χ1) is 20.0. The molecule has 1 aromatic heterocycles. The highest BCUT2D eigenvalue weighted by atomic mass is 79.9. The van der Waals surface area contributed by atoms with Crippen LogP contribution in [0.2, 0.25) is 0 Å². The number of nitrogens with zero attached hydrogens (tertiary/aromatic N) is 3. The van der Waals surface area contributed by atoms with Gasteiger partial charge in [-0.05, 0) is 73.5 Å². The number of ether oxygens (including phenoxy) is 1. The van der Waals surface area contributed by atoms with E-state index in [1.54, 1.807) is 15.5 Å². The molecule has 0 spiro atoms. The maximum atomic E-state index is 14.0. The molecule has 7 nitrogen and oxygen atoms in total. The number of aromatic nitrogens is 2. The number of hydrogen-bond donors (Lipinski definition) is 1. The number of fused-ring (bicyclic) bond motifs is 1. The number of anilines is 1. The summed E-state index contributed by atoms with van der Waals surface area (Å²) in [6.45, 7) is 4.79. The molecule has 0 aliphatic heterocycles. The average molecular weight is 612 g/mol. The summed E-state index contributed by atoms with van der Waals surface area (Å²) in [6, 6.07) is 31.2. The van der Waals surface area contributed by atoms with E-state index < -0.39 is 6.04 Å². The molecule has 1 atom stereocenters. The van der Waals surface area contributed by atoms with Crippen LogP contribution in [0, 0.1) is 0 Å². The van der Waals surface area contributed by atoms with Crippen LogP contribution in [-0.2, 0) is 6.54 Å². The van der Waals surface area contributed by atoms with Crippen LogP contribution in [0.5, 0.6) is 5.75 Å². The average Bonchev–Trinajstić information content (AvgIpc) is 2.98. The van der Waals surface area contributed by atoms with Gasteiger partial charge in [-0.3, -0.25) is 9.36 Å². The van der Waals surface area contributed by atoms with Crippen LogP contribution >= 0.6 is 15.9 Å². The summed E-state index contributed by atoms with van der Waals surface area (Å²) >= 11 is 3.48.